The Bertz CT molecular complexity index is 474. The Kier molecular flexibility index (Phi) is 3.06. The van der Waals surface area contributed by atoms with E-state index in [9.17, 15) is 0 Å². The van der Waals surface area contributed by atoms with E-state index in [1.165, 1.54) is 11.3 Å². The van der Waals surface area contributed by atoms with Crippen LogP contribution in [0.3, 0.4) is 0 Å². The average molecular weight is 215 g/mol. The molecule has 1 aromatic heterocycles. The Labute approximate surface area is 95.9 Å². The molecule has 0 amide bonds. The molecule has 3 heteroatoms. The van der Waals surface area contributed by atoms with Gasteiger partial charge in [0.05, 0.1) is 12.0 Å². The number of hydrogen-bond donors (Lipinski definition) is 1. The van der Waals surface area contributed by atoms with Crippen LogP contribution in [0.2, 0.25) is 0 Å². The van der Waals surface area contributed by atoms with Gasteiger partial charge >= 0.3 is 0 Å². The average Bonchev–Trinajstić information content (AvgIpc) is 2.78. The van der Waals surface area contributed by atoms with Crippen LogP contribution in [0.5, 0.6) is 0 Å². The Morgan fingerprint density at radius 3 is 2.81 bits per heavy atom. The van der Waals surface area contributed by atoms with Crippen molar-refractivity contribution in [3.05, 3.63) is 48.0 Å². The second-order valence-corrected chi connectivity index (χ2v) is 4.13. The summed E-state index contributed by atoms with van der Waals surface area (Å²) in [6, 6.07) is 8.27. The number of aryl methyl sites for hydroxylation is 1. The minimum absolute atomic E-state index is 0.310. The van der Waals surface area contributed by atoms with E-state index >= 15 is 0 Å². The van der Waals surface area contributed by atoms with E-state index in [1.54, 1.807) is 0 Å². The summed E-state index contributed by atoms with van der Waals surface area (Å²) in [5, 5.41) is 0. The van der Waals surface area contributed by atoms with E-state index in [0.717, 1.165) is 5.69 Å². The molecular formula is C13H17N3. The van der Waals surface area contributed by atoms with E-state index in [2.05, 4.69) is 41.7 Å². The number of aromatic nitrogens is 2. The van der Waals surface area contributed by atoms with Gasteiger partial charge in [0, 0.05) is 24.3 Å². The van der Waals surface area contributed by atoms with Crippen LogP contribution in [0.1, 0.15) is 24.1 Å². The number of nitrogens with zero attached hydrogens (tertiary/aromatic N) is 2. The first-order valence-corrected chi connectivity index (χ1v) is 5.52. The molecule has 0 fully saturated rings. The zero-order valence-electron chi connectivity index (χ0n) is 9.72. The first-order valence-electron chi connectivity index (χ1n) is 5.52. The first kappa shape index (κ1) is 10.9. The van der Waals surface area contributed by atoms with Crippen LogP contribution in [0.25, 0.3) is 5.69 Å². The van der Waals surface area contributed by atoms with Crippen molar-refractivity contribution in [2.24, 2.45) is 5.73 Å². The highest BCUT2D eigenvalue weighted by atomic mass is 15.0. The normalized spacial score (nSPS) is 12.7. The van der Waals surface area contributed by atoms with Crippen LogP contribution in [-0.2, 0) is 0 Å². The Morgan fingerprint density at radius 2 is 2.12 bits per heavy atom. The molecule has 0 radical (unpaired) electrons. The van der Waals surface area contributed by atoms with Gasteiger partial charge < -0.3 is 10.3 Å². The zero-order chi connectivity index (χ0) is 11.5. The van der Waals surface area contributed by atoms with Crippen LogP contribution < -0.4 is 5.73 Å². The summed E-state index contributed by atoms with van der Waals surface area (Å²) in [6.07, 6.45) is 3.91. The third-order valence-corrected chi connectivity index (χ3v) is 2.85. The number of rotatable bonds is 3. The number of nitrogens with two attached hydrogens (primary N) is 1. The molecule has 2 N–H and O–H groups in total. The van der Waals surface area contributed by atoms with Crippen molar-refractivity contribution >= 4 is 0 Å². The molecule has 0 spiro atoms. The van der Waals surface area contributed by atoms with Crippen LogP contribution >= 0.6 is 0 Å². The molecule has 2 aromatic rings. The van der Waals surface area contributed by atoms with Crippen LogP contribution in [0.15, 0.2) is 36.8 Å². The summed E-state index contributed by atoms with van der Waals surface area (Å²) in [6.45, 7) is 4.82. The molecule has 1 atom stereocenters. The maximum absolute atomic E-state index is 5.63. The van der Waals surface area contributed by atoms with Gasteiger partial charge in [-0.05, 0) is 18.6 Å². The lowest BCUT2D eigenvalue weighted by atomic mass is 10.1. The topological polar surface area (TPSA) is 43.8 Å². The van der Waals surface area contributed by atoms with Crippen molar-refractivity contribution in [3.8, 4) is 5.69 Å². The van der Waals surface area contributed by atoms with Gasteiger partial charge in [-0.25, -0.2) is 4.98 Å². The largest absolute Gasteiger partial charge is 0.330 e. The van der Waals surface area contributed by atoms with E-state index in [0.29, 0.717) is 12.5 Å². The van der Waals surface area contributed by atoms with Gasteiger partial charge in [-0.15, -0.1) is 0 Å². The van der Waals surface area contributed by atoms with Crippen molar-refractivity contribution in [3.63, 3.8) is 0 Å². The van der Waals surface area contributed by atoms with E-state index < -0.39 is 0 Å². The molecule has 0 saturated heterocycles. The third kappa shape index (κ3) is 1.99. The van der Waals surface area contributed by atoms with Crippen molar-refractivity contribution in [1.82, 2.24) is 9.55 Å². The van der Waals surface area contributed by atoms with E-state index in [4.69, 9.17) is 5.73 Å². The number of hydrogen-bond acceptors (Lipinski definition) is 2. The molecule has 16 heavy (non-hydrogen) atoms. The van der Waals surface area contributed by atoms with Gasteiger partial charge in [0.15, 0.2) is 0 Å². The molecular weight excluding hydrogens is 198 g/mol. The summed E-state index contributed by atoms with van der Waals surface area (Å²) in [4.78, 5) is 4.39. The lowest BCUT2D eigenvalue weighted by Crippen LogP contribution is -2.09. The van der Waals surface area contributed by atoms with Crippen molar-refractivity contribution in [2.45, 2.75) is 19.8 Å². The van der Waals surface area contributed by atoms with E-state index in [-0.39, 0.29) is 0 Å². The van der Waals surface area contributed by atoms with Crippen molar-refractivity contribution < 1.29 is 0 Å². The molecule has 0 bridgehead atoms. The van der Waals surface area contributed by atoms with Gasteiger partial charge in [0.2, 0.25) is 0 Å². The number of benzene rings is 1. The molecule has 0 aliphatic heterocycles. The highest BCUT2D eigenvalue weighted by molar-refractivity contribution is 5.40. The second kappa shape index (κ2) is 4.49. The zero-order valence-corrected chi connectivity index (χ0v) is 9.72. The van der Waals surface area contributed by atoms with Crippen LogP contribution in [0, 0.1) is 6.92 Å². The third-order valence-electron chi connectivity index (χ3n) is 2.85. The predicted octanol–water partition coefficient (Wildman–Crippen LogP) is 2.24. The fourth-order valence-corrected chi connectivity index (χ4v) is 1.70. The standard InChI is InChI=1S/C13H17N3/c1-10-5-3-4-6-13(10)16-8-12(15-9-16)11(2)7-14/h3-6,8-9,11H,7,14H2,1-2H3. The predicted molar refractivity (Wildman–Crippen MR) is 65.8 cm³/mol. The molecule has 84 valence electrons. The smallest absolute Gasteiger partial charge is 0.0995 e. The Morgan fingerprint density at radius 1 is 1.38 bits per heavy atom. The molecule has 0 aliphatic carbocycles. The minimum atomic E-state index is 0.310. The van der Waals surface area contributed by atoms with Gasteiger partial charge in [0.25, 0.3) is 0 Å². The highest BCUT2D eigenvalue weighted by Gasteiger charge is 2.08. The van der Waals surface area contributed by atoms with Gasteiger partial charge in [0.1, 0.15) is 0 Å². The van der Waals surface area contributed by atoms with Gasteiger partial charge in [-0.1, -0.05) is 25.1 Å². The lowest BCUT2D eigenvalue weighted by Gasteiger charge is -2.06. The molecule has 0 aliphatic rings. The summed E-state index contributed by atoms with van der Waals surface area (Å²) >= 11 is 0. The molecule has 1 aromatic carbocycles. The molecule has 3 nitrogen and oxygen atoms in total. The molecule has 0 saturated carbocycles. The summed E-state index contributed by atoms with van der Waals surface area (Å²) in [5.74, 6) is 0.310. The van der Waals surface area contributed by atoms with Crippen molar-refractivity contribution in [2.75, 3.05) is 6.54 Å². The SMILES string of the molecule is Cc1ccccc1-n1cnc(C(C)CN)c1. The number of imidazole rings is 1. The maximum Gasteiger partial charge on any atom is 0.0995 e. The summed E-state index contributed by atoms with van der Waals surface area (Å²) < 4.78 is 2.05. The highest BCUT2D eigenvalue weighted by Crippen LogP contribution is 2.17. The lowest BCUT2D eigenvalue weighted by molar-refractivity contribution is 0.750. The first-order chi connectivity index (χ1) is 7.72. The fraction of sp³-hybridized carbons (Fsp3) is 0.308. The molecule has 1 heterocycles. The van der Waals surface area contributed by atoms with Crippen LogP contribution in [0.4, 0.5) is 0 Å². The monoisotopic (exact) mass is 215 g/mol. The van der Waals surface area contributed by atoms with E-state index in [1.807, 2.05) is 18.5 Å². The minimum Gasteiger partial charge on any atom is -0.330 e. The second-order valence-electron chi connectivity index (χ2n) is 4.13. The fourth-order valence-electron chi connectivity index (χ4n) is 1.70. The van der Waals surface area contributed by atoms with Gasteiger partial charge in [-0.3, -0.25) is 0 Å². The van der Waals surface area contributed by atoms with Gasteiger partial charge in [-0.2, -0.15) is 0 Å². The summed E-state index contributed by atoms with van der Waals surface area (Å²) in [7, 11) is 0. The molecule has 1 unspecified atom stereocenters. The Hall–Kier alpha value is -1.61. The number of para-hydroxylation sites is 1. The Balaban J connectivity index is 2.35. The quantitative estimate of drug-likeness (QED) is 0.853. The maximum atomic E-state index is 5.63. The molecule has 2 rings (SSSR count). The van der Waals surface area contributed by atoms with Crippen molar-refractivity contribution in [1.29, 1.82) is 0 Å². The van der Waals surface area contributed by atoms with Crippen LogP contribution in [-0.4, -0.2) is 16.1 Å². The summed E-state index contributed by atoms with van der Waals surface area (Å²) in [5.41, 5.74) is 9.09.